The number of halogens is 1. The summed E-state index contributed by atoms with van der Waals surface area (Å²) in [5.41, 5.74) is 1.07. The van der Waals surface area contributed by atoms with Crippen LogP contribution in [0.1, 0.15) is 23.2 Å². The maximum atomic E-state index is 13.9. The van der Waals surface area contributed by atoms with Gasteiger partial charge < -0.3 is 10.6 Å². The maximum Gasteiger partial charge on any atom is 0.229 e. The van der Waals surface area contributed by atoms with Gasteiger partial charge >= 0.3 is 0 Å². The Morgan fingerprint density at radius 1 is 1.43 bits per heavy atom. The average molecular weight is 333 g/mol. The number of carbonyl (C=O) groups is 1. The molecule has 4 nitrogen and oxygen atoms in total. The molecule has 3 rings (SSSR count). The predicted molar refractivity (Wildman–Crippen MR) is 88.7 cm³/mol. The van der Waals surface area contributed by atoms with Gasteiger partial charge in [-0.1, -0.05) is 25.1 Å². The van der Waals surface area contributed by atoms with Crippen LogP contribution in [0.3, 0.4) is 0 Å². The first kappa shape index (κ1) is 16.1. The second-order valence-corrected chi connectivity index (χ2v) is 6.86. The van der Waals surface area contributed by atoms with E-state index >= 15 is 0 Å². The number of nitrogens with one attached hydrogen (secondary N) is 2. The minimum atomic E-state index is -0.562. The zero-order chi connectivity index (χ0) is 16.3. The molecule has 23 heavy (non-hydrogen) atoms. The average Bonchev–Trinajstić information content (AvgIpc) is 2.98. The highest BCUT2D eigenvalue weighted by molar-refractivity contribution is 7.09. The lowest BCUT2D eigenvalue weighted by Gasteiger charge is -2.41. The number of nitrogens with zero attached hydrogens (tertiary/aromatic N) is 1. The van der Waals surface area contributed by atoms with E-state index in [2.05, 4.69) is 22.5 Å². The number of hydrogen-bond donors (Lipinski definition) is 2. The lowest BCUT2D eigenvalue weighted by atomic mass is 9.75. The number of aromatic nitrogens is 1. The summed E-state index contributed by atoms with van der Waals surface area (Å²) in [5.74, 6) is -0.285. The van der Waals surface area contributed by atoms with E-state index in [0.717, 1.165) is 17.1 Å². The Balaban J connectivity index is 1.65. The van der Waals surface area contributed by atoms with Crippen molar-refractivity contribution in [2.45, 2.75) is 26.3 Å². The number of benzene rings is 1. The first-order valence-corrected chi connectivity index (χ1v) is 8.66. The van der Waals surface area contributed by atoms with E-state index in [1.54, 1.807) is 29.5 Å². The van der Waals surface area contributed by atoms with Crippen LogP contribution in [0, 0.1) is 11.2 Å². The van der Waals surface area contributed by atoms with E-state index in [1.165, 1.54) is 6.07 Å². The molecule has 0 saturated carbocycles. The first-order valence-electron chi connectivity index (χ1n) is 7.79. The summed E-state index contributed by atoms with van der Waals surface area (Å²) in [6.07, 6.45) is 1.31. The molecule has 2 heterocycles. The van der Waals surface area contributed by atoms with Crippen molar-refractivity contribution < 1.29 is 9.18 Å². The molecule has 1 amide bonds. The zero-order valence-corrected chi connectivity index (χ0v) is 13.9. The van der Waals surface area contributed by atoms with Crippen LogP contribution in [0.5, 0.6) is 0 Å². The Labute approximate surface area is 139 Å². The fourth-order valence-corrected chi connectivity index (χ4v) is 3.55. The molecule has 2 aromatic rings. The van der Waals surface area contributed by atoms with Crippen molar-refractivity contribution in [3.05, 3.63) is 51.7 Å². The molecule has 0 aliphatic carbocycles. The van der Waals surface area contributed by atoms with Gasteiger partial charge in [0.15, 0.2) is 0 Å². The molecule has 0 bridgehead atoms. The Kier molecular flexibility index (Phi) is 4.73. The Hall–Kier alpha value is -1.79. The SMILES string of the molecule is CCc1csc(CNC(=O)C2(Cc3ccccc3F)CNC2)n1. The third kappa shape index (κ3) is 3.43. The number of thiazole rings is 1. The van der Waals surface area contributed by atoms with Crippen molar-refractivity contribution in [3.63, 3.8) is 0 Å². The fraction of sp³-hybridized carbons (Fsp3) is 0.412. The van der Waals surface area contributed by atoms with Crippen LogP contribution in [-0.4, -0.2) is 24.0 Å². The molecular weight excluding hydrogens is 313 g/mol. The number of aryl methyl sites for hydroxylation is 1. The summed E-state index contributed by atoms with van der Waals surface area (Å²) in [5, 5.41) is 9.02. The van der Waals surface area contributed by atoms with Gasteiger partial charge in [0.2, 0.25) is 5.91 Å². The summed E-state index contributed by atoms with van der Waals surface area (Å²) in [7, 11) is 0. The highest BCUT2D eigenvalue weighted by Gasteiger charge is 2.44. The number of amides is 1. The summed E-state index contributed by atoms with van der Waals surface area (Å²) in [6.45, 7) is 3.64. The highest BCUT2D eigenvalue weighted by Crippen LogP contribution is 2.29. The minimum absolute atomic E-state index is 0.0345. The van der Waals surface area contributed by atoms with Crippen LogP contribution in [-0.2, 0) is 24.2 Å². The molecule has 0 atom stereocenters. The van der Waals surface area contributed by atoms with Crippen molar-refractivity contribution in [1.29, 1.82) is 0 Å². The van der Waals surface area contributed by atoms with Crippen LogP contribution in [0.4, 0.5) is 4.39 Å². The topological polar surface area (TPSA) is 54.0 Å². The summed E-state index contributed by atoms with van der Waals surface area (Å²) in [6, 6.07) is 6.66. The zero-order valence-electron chi connectivity index (χ0n) is 13.1. The van der Waals surface area contributed by atoms with E-state index in [-0.39, 0.29) is 11.7 Å². The summed E-state index contributed by atoms with van der Waals surface area (Å²) >= 11 is 1.56. The lowest BCUT2D eigenvalue weighted by molar-refractivity contribution is -0.134. The van der Waals surface area contributed by atoms with Crippen molar-refractivity contribution in [2.24, 2.45) is 5.41 Å². The van der Waals surface area contributed by atoms with E-state index in [0.29, 0.717) is 31.6 Å². The van der Waals surface area contributed by atoms with Crippen LogP contribution in [0.25, 0.3) is 0 Å². The smallest absolute Gasteiger partial charge is 0.229 e. The molecule has 0 unspecified atom stereocenters. The molecule has 0 radical (unpaired) electrons. The monoisotopic (exact) mass is 333 g/mol. The van der Waals surface area contributed by atoms with Crippen LogP contribution in [0.15, 0.2) is 29.6 Å². The molecule has 1 fully saturated rings. The molecule has 0 spiro atoms. The van der Waals surface area contributed by atoms with Gasteiger partial charge in [-0.2, -0.15) is 0 Å². The fourth-order valence-electron chi connectivity index (χ4n) is 2.73. The van der Waals surface area contributed by atoms with Crippen molar-refractivity contribution in [2.75, 3.05) is 13.1 Å². The van der Waals surface area contributed by atoms with Gasteiger partial charge in [-0.3, -0.25) is 4.79 Å². The second kappa shape index (κ2) is 6.76. The van der Waals surface area contributed by atoms with Gasteiger partial charge in [0.25, 0.3) is 0 Å². The molecule has 1 aromatic carbocycles. The van der Waals surface area contributed by atoms with Crippen molar-refractivity contribution in [3.8, 4) is 0 Å². The number of rotatable bonds is 6. The Morgan fingerprint density at radius 3 is 2.83 bits per heavy atom. The Bertz CT molecular complexity index is 697. The number of carbonyl (C=O) groups excluding carboxylic acids is 1. The Morgan fingerprint density at radius 2 is 2.22 bits per heavy atom. The maximum absolute atomic E-state index is 13.9. The van der Waals surface area contributed by atoms with Crippen LogP contribution in [0.2, 0.25) is 0 Å². The molecule has 2 N–H and O–H groups in total. The van der Waals surface area contributed by atoms with Crippen LogP contribution < -0.4 is 10.6 Å². The highest BCUT2D eigenvalue weighted by atomic mass is 32.1. The first-order chi connectivity index (χ1) is 11.1. The third-order valence-corrected chi connectivity index (χ3v) is 5.15. The molecule has 122 valence electrons. The predicted octanol–water partition coefficient (Wildman–Crippen LogP) is 2.29. The molecule has 1 aromatic heterocycles. The van der Waals surface area contributed by atoms with Gasteiger partial charge in [0, 0.05) is 18.5 Å². The van der Waals surface area contributed by atoms with Gasteiger partial charge in [-0.05, 0) is 24.5 Å². The number of hydrogen-bond acceptors (Lipinski definition) is 4. The molecule has 1 saturated heterocycles. The third-order valence-electron chi connectivity index (χ3n) is 4.26. The van der Waals surface area contributed by atoms with E-state index in [4.69, 9.17) is 0 Å². The van der Waals surface area contributed by atoms with Gasteiger partial charge in [0.1, 0.15) is 10.8 Å². The van der Waals surface area contributed by atoms with E-state index in [1.807, 2.05) is 5.38 Å². The van der Waals surface area contributed by atoms with Crippen molar-refractivity contribution >= 4 is 17.2 Å². The van der Waals surface area contributed by atoms with Gasteiger partial charge in [-0.25, -0.2) is 9.37 Å². The molecular formula is C17H20FN3OS. The van der Waals surface area contributed by atoms with E-state index < -0.39 is 5.41 Å². The van der Waals surface area contributed by atoms with Crippen molar-refractivity contribution in [1.82, 2.24) is 15.6 Å². The van der Waals surface area contributed by atoms with Crippen LogP contribution >= 0.6 is 11.3 Å². The normalized spacial score (nSPS) is 15.9. The second-order valence-electron chi connectivity index (χ2n) is 5.92. The van der Waals surface area contributed by atoms with Gasteiger partial charge in [-0.15, -0.1) is 11.3 Å². The molecule has 1 aliphatic rings. The van der Waals surface area contributed by atoms with Gasteiger partial charge in [0.05, 0.1) is 17.7 Å². The molecule has 6 heteroatoms. The minimum Gasteiger partial charge on any atom is -0.349 e. The summed E-state index contributed by atoms with van der Waals surface area (Å²) in [4.78, 5) is 17.1. The quantitative estimate of drug-likeness (QED) is 0.853. The molecule has 1 aliphatic heterocycles. The largest absolute Gasteiger partial charge is 0.349 e. The summed E-state index contributed by atoms with van der Waals surface area (Å²) < 4.78 is 13.9. The standard InChI is InChI=1S/C17H20FN3OS/c1-2-13-9-23-15(21-13)8-20-16(22)17(10-19-11-17)7-12-5-3-4-6-14(12)18/h3-6,9,19H,2,7-8,10-11H2,1H3,(H,20,22). The van der Waals surface area contributed by atoms with E-state index in [9.17, 15) is 9.18 Å². The lowest BCUT2D eigenvalue weighted by Crippen LogP contribution is -2.62.